The topological polar surface area (TPSA) is 105 Å². The van der Waals surface area contributed by atoms with Gasteiger partial charge in [0, 0.05) is 25.3 Å². The van der Waals surface area contributed by atoms with Gasteiger partial charge in [0.1, 0.15) is 5.69 Å². The predicted octanol–water partition coefficient (Wildman–Crippen LogP) is 2.02. The first-order valence-corrected chi connectivity index (χ1v) is 9.11. The summed E-state index contributed by atoms with van der Waals surface area (Å²) in [5, 5.41) is 3.38. The number of amides is 3. The molecule has 2 aliphatic heterocycles. The Kier molecular flexibility index (Phi) is 4.50. The van der Waals surface area contributed by atoms with Crippen molar-refractivity contribution in [3.05, 3.63) is 24.1 Å². The Bertz CT molecular complexity index is 827. The molecular formula is C18H23N5O3. The number of nitrogens with two attached hydrogens (primary N) is 1. The number of hydrogen-bond donors (Lipinski definition) is 2. The molecule has 0 aliphatic carbocycles. The number of pyridine rings is 1. The Morgan fingerprint density at radius 2 is 2.04 bits per heavy atom. The average Bonchev–Trinajstić information content (AvgIpc) is 3.28. The van der Waals surface area contributed by atoms with Gasteiger partial charge in [0.05, 0.1) is 5.39 Å². The largest absolute Gasteiger partial charge is 0.430 e. The molecule has 4 heterocycles. The second-order valence-electron chi connectivity index (χ2n) is 6.94. The van der Waals surface area contributed by atoms with E-state index in [2.05, 4.69) is 15.2 Å². The molecule has 2 saturated heterocycles. The van der Waals surface area contributed by atoms with E-state index in [-0.39, 0.29) is 17.5 Å². The summed E-state index contributed by atoms with van der Waals surface area (Å²) in [4.78, 5) is 32.8. The number of primary amides is 1. The van der Waals surface area contributed by atoms with Gasteiger partial charge >= 0.3 is 6.03 Å². The highest BCUT2D eigenvalue weighted by atomic mass is 16.4. The second-order valence-corrected chi connectivity index (χ2v) is 6.94. The van der Waals surface area contributed by atoms with Crippen LogP contribution in [0.15, 0.2) is 22.7 Å². The van der Waals surface area contributed by atoms with Crippen molar-refractivity contribution in [2.75, 3.05) is 31.5 Å². The molecule has 26 heavy (non-hydrogen) atoms. The molecule has 8 heteroatoms. The molecule has 138 valence electrons. The van der Waals surface area contributed by atoms with Gasteiger partial charge in [-0.15, -0.1) is 0 Å². The lowest BCUT2D eigenvalue weighted by atomic mass is 10.1. The van der Waals surface area contributed by atoms with Crippen molar-refractivity contribution in [3.63, 3.8) is 0 Å². The minimum atomic E-state index is -0.731. The molecule has 0 radical (unpaired) electrons. The first-order chi connectivity index (χ1) is 12.6. The van der Waals surface area contributed by atoms with Gasteiger partial charge < -0.3 is 20.4 Å². The van der Waals surface area contributed by atoms with Gasteiger partial charge in [-0.1, -0.05) is 6.42 Å². The summed E-state index contributed by atoms with van der Waals surface area (Å²) in [6.07, 6.45) is 6.30. The molecule has 0 spiro atoms. The summed E-state index contributed by atoms with van der Waals surface area (Å²) in [5.74, 6) is -0.801. The van der Waals surface area contributed by atoms with Gasteiger partial charge in [0.2, 0.25) is 11.5 Å². The Hall–Kier alpha value is -2.61. The fourth-order valence-electron chi connectivity index (χ4n) is 3.92. The number of hydrogen-bond acceptors (Lipinski definition) is 5. The summed E-state index contributed by atoms with van der Waals surface area (Å²) in [7, 11) is 0. The number of carbonyl (C=O) groups excluding carboxylic acids is 2. The van der Waals surface area contributed by atoms with Crippen LogP contribution in [0.5, 0.6) is 0 Å². The number of anilines is 1. The molecular weight excluding hydrogens is 334 g/mol. The van der Waals surface area contributed by atoms with Gasteiger partial charge in [-0.2, -0.15) is 0 Å². The van der Waals surface area contributed by atoms with E-state index in [0.717, 1.165) is 19.5 Å². The van der Waals surface area contributed by atoms with E-state index < -0.39 is 5.91 Å². The number of aromatic nitrogens is 1. The highest BCUT2D eigenvalue weighted by Gasteiger charge is 2.32. The van der Waals surface area contributed by atoms with Crippen LogP contribution in [0, 0.1) is 0 Å². The van der Waals surface area contributed by atoms with Crippen molar-refractivity contribution in [2.24, 2.45) is 5.73 Å². The van der Waals surface area contributed by atoms with Crippen molar-refractivity contribution < 1.29 is 14.0 Å². The van der Waals surface area contributed by atoms with Crippen LogP contribution in [0.1, 0.15) is 36.2 Å². The van der Waals surface area contributed by atoms with Crippen LogP contribution in [0.25, 0.3) is 11.1 Å². The van der Waals surface area contributed by atoms with E-state index in [1.165, 1.54) is 19.3 Å². The maximum absolute atomic E-state index is 12.7. The van der Waals surface area contributed by atoms with Crippen LogP contribution in [0.2, 0.25) is 0 Å². The minimum absolute atomic E-state index is 0.0705. The smallest absolute Gasteiger partial charge is 0.322 e. The Balaban J connectivity index is 1.49. The van der Waals surface area contributed by atoms with Crippen molar-refractivity contribution >= 4 is 28.7 Å². The number of rotatable bonds is 3. The summed E-state index contributed by atoms with van der Waals surface area (Å²) in [6, 6.07) is 3.65. The van der Waals surface area contributed by atoms with E-state index in [4.69, 9.17) is 10.2 Å². The first-order valence-electron chi connectivity index (χ1n) is 9.11. The zero-order valence-electron chi connectivity index (χ0n) is 14.6. The lowest BCUT2D eigenvalue weighted by Gasteiger charge is -2.32. The van der Waals surface area contributed by atoms with Crippen molar-refractivity contribution in [1.82, 2.24) is 14.8 Å². The molecule has 2 aromatic heterocycles. The van der Waals surface area contributed by atoms with Crippen LogP contribution in [-0.2, 0) is 0 Å². The minimum Gasteiger partial charge on any atom is -0.430 e. The zero-order valence-corrected chi connectivity index (χ0v) is 14.6. The number of nitrogens with one attached hydrogen (secondary N) is 1. The van der Waals surface area contributed by atoms with Crippen molar-refractivity contribution in [1.29, 1.82) is 0 Å². The molecule has 0 saturated carbocycles. The fourth-order valence-corrected chi connectivity index (χ4v) is 3.92. The molecule has 4 rings (SSSR count). The maximum Gasteiger partial charge on any atom is 0.322 e. The molecule has 1 atom stereocenters. The summed E-state index contributed by atoms with van der Waals surface area (Å²) >= 11 is 0. The van der Waals surface area contributed by atoms with Crippen LogP contribution in [-0.4, -0.2) is 58.9 Å². The highest BCUT2D eigenvalue weighted by molar-refractivity contribution is 6.09. The number of likely N-dealkylation sites (tertiary alicyclic amines) is 2. The normalized spacial score (nSPS) is 21.2. The third-order valence-corrected chi connectivity index (χ3v) is 5.28. The molecule has 0 bridgehead atoms. The van der Waals surface area contributed by atoms with Gasteiger partial charge in [-0.25, -0.2) is 9.78 Å². The summed E-state index contributed by atoms with van der Waals surface area (Å²) in [6.45, 7) is 3.63. The quantitative estimate of drug-likeness (QED) is 0.874. The number of furan rings is 1. The van der Waals surface area contributed by atoms with Gasteiger partial charge in [-0.05, 0) is 44.5 Å². The van der Waals surface area contributed by atoms with E-state index in [1.54, 1.807) is 23.2 Å². The number of nitrogens with zero attached hydrogens (tertiary/aromatic N) is 3. The predicted molar refractivity (Wildman–Crippen MR) is 96.9 cm³/mol. The van der Waals surface area contributed by atoms with E-state index in [9.17, 15) is 9.59 Å². The van der Waals surface area contributed by atoms with Crippen LogP contribution < -0.4 is 11.1 Å². The molecule has 8 nitrogen and oxygen atoms in total. The van der Waals surface area contributed by atoms with Crippen molar-refractivity contribution in [3.8, 4) is 0 Å². The number of piperidine rings is 1. The van der Waals surface area contributed by atoms with Crippen LogP contribution >= 0.6 is 0 Å². The van der Waals surface area contributed by atoms with Gasteiger partial charge in [0.15, 0.2) is 0 Å². The lowest BCUT2D eigenvalue weighted by Crippen LogP contribution is -2.42. The van der Waals surface area contributed by atoms with E-state index >= 15 is 0 Å². The monoisotopic (exact) mass is 357 g/mol. The Morgan fingerprint density at radius 1 is 1.23 bits per heavy atom. The number of fused-ring (bicyclic) bond motifs is 1. The third kappa shape index (κ3) is 3.12. The molecule has 0 unspecified atom stereocenters. The second kappa shape index (κ2) is 6.95. The number of carbonyl (C=O) groups is 2. The SMILES string of the molecule is NC(=O)c1oc2ncccc2c1NC(=O)N1CC[C@@H](N2CCCCC2)C1. The highest BCUT2D eigenvalue weighted by Crippen LogP contribution is 2.30. The molecule has 2 fully saturated rings. The molecule has 2 aromatic rings. The standard InChI is InChI=1S/C18H23N5O3/c19-16(24)15-14(13-5-4-7-20-17(13)26-15)21-18(25)23-10-6-12(11-23)22-8-2-1-3-9-22/h4-5,7,12H,1-3,6,8-11H2,(H2,19,24)(H,21,25)/t12-/m1/s1. The van der Waals surface area contributed by atoms with Gasteiger partial charge in [0.25, 0.3) is 5.91 Å². The van der Waals surface area contributed by atoms with Crippen LogP contribution in [0.3, 0.4) is 0 Å². The summed E-state index contributed by atoms with van der Waals surface area (Å²) in [5.41, 5.74) is 5.97. The average molecular weight is 357 g/mol. The lowest BCUT2D eigenvalue weighted by molar-refractivity contribution is 0.0977. The van der Waals surface area contributed by atoms with Crippen LogP contribution in [0.4, 0.5) is 10.5 Å². The van der Waals surface area contributed by atoms with Crippen molar-refractivity contribution in [2.45, 2.75) is 31.7 Å². The maximum atomic E-state index is 12.7. The third-order valence-electron chi connectivity index (χ3n) is 5.28. The number of urea groups is 1. The molecule has 3 N–H and O–H groups in total. The van der Waals surface area contributed by atoms with Gasteiger partial charge in [-0.3, -0.25) is 9.69 Å². The Labute approximate surface area is 151 Å². The Morgan fingerprint density at radius 3 is 2.81 bits per heavy atom. The molecule has 0 aromatic carbocycles. The molecule has 3 amide bonds. The first kappa shape index (κ1) is 16.8. The molecule has 2 aliphatic rings. The summed E-state index contributed by atoms with van der Waals surface area (Å²) < 4.78 is 5.41. The van der Waals surface area contributed by atoms with E-state index in [1.807, 2.05) is 0 Å². The zero-order chi connectivity index (χ0) is 18.1. The van der Waals surface area contributed by atoms with E-state index in [0.29, 0.717) is 30.2 Å². The fraction of sp³-hybridized carbons (Fsp3) is 0.500.